The van der Waals surface area contributed by atoms with E-state index in [1.165, 1.54) is 0 Å². The first-order valence-electron chi connectivity index (χ1n) is 11.7. The summed E-state index contributed by atoms with van der Waals surface area (Å²) in [5.41, 5.74) is 3.65. The van der Waals surface area contributed by atoms with E-state index in [0.717, 1.165) is 16.8 Å². The monoisotopic (exact) mass is 552 g/mol. The van der Waals surface area contributed by atoms with Crippen LogP contribution in [-0.2, 0) is 6.61 Å². The highest BCUT2D eigenvalue weighted by Gasteiger charge is 2.34. The topological polar surface area (TPSA) is 50.8 Å². The molecule has 1 unspecified atom stereocenters. The number of benzene rings is 4. The third-order valence-corrected chi connectivity index (χ3v) is 6.82. The summed E-state index contributed by atoms with van der Waals surface area (Å²) < 4.78 is 12.0. The fourth-order valence-electron chi connectivity index (χ4n) is 4.26. The SMILES string of the molecule is CCOc1cc(C2Nc3ccccc3C(=O)N2c2cccc(Cl)c2)ccc1OCc1ccc(Cl)cc1Cl. The predicted molar refractivity (Wildman–Crippen MR) is 149 cm³/mol. The maximum atomic E-state index is 13.7. The second kappa shape index (κ2) is 10.9. The largest absolute Gasteiger partial charge is 0.490 e. The fraction of sp³-hybridized carbons (Fsp3) is 0.138. The van der Waals surface area contributed by atoms with Crippen LogP contribution in [0.4, 0.5) is 11.4 Å². The van der Waals surface area contributed by atoms with E-state index < -0.39 is 6.17 Å². The van der Waals surface area contributed by atoms with Crippen LogP contribution in [0.5, 0.6) is 11.5 Å². The molecule has 1 heterocycles. The van der Waals surface area contributed by atoms with Crippen LogP contribution in [0, 0.1) is 0 Å². The molecular weight excluding hydrogens is 531 g/mol. The Bertz CT molecular complexity index is 1460. The molecule has 1 amide bonds. The molecule has 0 fully saturated rings. The van der Waals surface area contributed by atoms with Crippen molar-refractivity contribution < 1.29 is 14.3 Å². The van der Waals surface area contributed by atoms with Gasteiger partial charge in [0.25, 0.3) is 5.91 Å². The number of nitrogens with zero attached hydrogens (tertiary/aromatic N) is 1. The van der Waals surface area contributed by atoms with Gasteiger partial charge >= 0.3 is 0 Å². The molecule has 1 aliphatic heterocycles. The van der Waals surface area contributed by atoms with Crippen molar-refractivity contribution in [2.45, 2.75) is 19.7 Å². The Morgan fingerprint density at radius 1 is 0.838 bits per heavy atom. The molecule has 5 rings (SSSR count). The number of ether oxygens (including phenoxy) is 2. The second-order valence-corrected chi connectivity index (χ2v) is 9.69. The molecule has 1 atom stereocenters. The van der Waals surface area contributed by atoms with Crippen LogP contribution in [0.2, 0.25) is 15.1 Å². The maximum Gasteiger partial charge on any atom is 0.262 e. The Morgan fingerprint density at radius 3 is 2.43 bits per heavy atom. The molecule has 8 heteroatoms. The molecule has 1 N–H and O–H groups in total. The molecule has 0 spiro atoms. The highest BCUT2D eigenvalue weighted by Crippen LogP contribution is 2.40. The summed E-state index contributed by atoms with van der Waals surface area (Å²) >= 11 is 18.6. The number of fused-ring (bicyclic) bond motifs is 1. The van der Waals surface area contributed by atoms with Gasteiger partial charge in [-0.15, -0.1) is 0 Å². The number of amides is 1. The smallest absolute Gasteiger partial charge is 0.262 e. The Kier molecular flexibility index (Phi) is 7.47. The molecule has 5 nitrogen and oxygen atoms in total. The number of para-hydroxylation sites is 1. The van der Waals surface area contributed by atoms with E-state index in [2.05, 4.69) is 5.32 Å². The Labute approximate surface area is 230 Å². The van der Waals surface area contributed by atoms with Gasteiger partial charge < -0.3 is 14.8 Å². The van der Waals surface area contributed by atoms with Crippen molar-refractivity contribution >= 4 is 52.1 Å². The molecule has 0 radical (unpaired) electrons. The van der Waals surface area contributed by atoms with Crippen LogP contribution in [0.3, 0.4) is 0 Å². The Hall–Kier alpha value is -3.38. The summed E-state index contributed by atoms with van der Waals surface area (Å²) in [5.74, 6) is 0.995. The standard InChI is InChI=1S/C29H23Cl3N2O3/c1-2-36-27-14-18(11-13-26(27)37-17-19-10-12-21(31)16-24(19)32)28-33-25-9-4-3-8-23(25)29(35)34(28)22-7-5-6-20(30)15-22/h3-16,28,33H,2,17H2,1H3. The van der Waals surface area contributed by atoms with Crippen molar-refractivity contribution in [2.24, 2.45) is 0 Å². The number of carbonyl (C=O) groups is 1. The van der Waals surface area contributed by atoms with Crippen LogP contribution >= 0.6 is 34.8 Å². The molecule has 4 aromatic carbocycles. The zero-order valence-corrected chi connectivity index (χ0v) is 22.1. The van der Waals surface area contributed by atoms with E-state index >= 15 is 0 Å². The average molecular weight is 554 g/mol. The van der Waals surface area contributed by atoms with Crippen molar-refractivity contribution in [3.05, 3.63) is 117 Å². The minimum Gasteiger partial charge on any atom is -0.490 e. The van der Waals surface area contributed by atoms with E-state index in [0.29, 0.717) is 44.4 Å². The first-order chi connectivity index (χ1) is 17.9. The number of nitrogens with one attached hydrogen (secondary N) is 1. The number of carbonyl (C=O) groups excluding carboxylic acids is 1. The third kappa shape index (κ3) is 5.35. The highest BCUT2D eigenvalue weighted by molar-refractivity contribution is 6.35. The van der Waals surface area contributed by atoms with Gasteiger partial charge in [0, 0.05) is 32.0 Å². The molecule has 4 aromatic rings. The molecule has 188 valence electrons. The summed E-state index contributed by atoms with van der Waals surface area (Å²) in [6, 6.07) is 25.6. The van der Waals surface area contributed by atoms with Gasteiger partial charge in [0.15, 0.2) is 11.5 Å². The molecule has 0 bridgehead atoms. The Balaban J connectivity index is 1.51. The van der Waals surface area contributed by atoms with Gasteiger partial charge in [-0.2, -0.15) is 0 Å². The van der Waals surface area contributed by atoms with Gasteiger partial charge in [-0.3, -0.25) is 9.69 Å². The molecule has 0 aromatic heterocycles. The maximum absolute atomic E-state index is 13.7. The van der Waals surface area contributed by atoms with Crippen molar-refractivity contribution in [2.75, 3.05) is 16.8 Å². The van der Waals surface area contributed by atoms with E-state index in [1.54, 1.807) is 29.2 Å². The zero-order valence-electron chi connectivity index (χ0n) is 19.9. The molecular formula is C29H23Cl3N2O3. The lowest BCUT2D eigenvalue weighted by molar-refractivity contribution is 0.0975. The van der Waals surface area contributed by atoms with Gasteiger partial charge in [0.2, 0.25) is 0 Å². The first kappa shape index (κ1) is 25.3. The van der Waals surface area contributed by atoms with Crippen LogP contribution in [-0.4, -0.2) is 12.5 Å². The molecule has 0 saturated heterocycles. The lowest BCUT2D eigenvalue weighted by Crippen LogP contribution is -2.43. The van der Waals surface area contributed by atoms with Crippen LogP contribution in [0.15, 0.2) is 84.9 Å². The normalized spacial score (nSPS) is 14.6. The third-order valence-electron chi connectivity index (χ3n) is 5.99. The second-order valence-electron chi connectivity index (χ2n) is 8.41. The van der Waals surface area contributed by atoms with Gasteiger partial charge in [0.1, 0.15) is 12.8 Å². The number of hydrogen-bond donors (Lipinski definition) is 1. The zero-order chi connectivity index (χ0) is 25.9. The minimum atomic E-state index is -0.500. The van der Waals surface area contributed by atoms with E-state index in [9.17, 15) is 4.79 Å². The first-order valence-corrected chi connectivity index (χ1v) is 12.9. The lowest BCUT2D eigenvalue weighted by Gasteiger charge is -2.38. The van der Waals surface area contributed by atoms with E-state index in [4.69, 9.17) is 44.3 Å². The number of hydrogen-bond acceptors (Lipinski definition) is 4. The highest BCUT2D eigenvalue weighted by atomic mass is 35.5. The van der Waals surface area contributed by atoms with Crippen molar-refractivity contribution in [3.63, 3.8) is 0 Å². The summed E-state index contributed by atoms with van der Waals surface area (Å²) in [7, 11) is 0. The van der Waals surface area contributed by atoms with Crippen molar-refractivity contribution in [3.8, 4) is 11.5 Å². The Morgan fingerprint density at radius 2 is 1.65 bits per heavy atom. The molecule has 0 saturated carbocycles. The van der Waals surface area contributed by atoms with Crippen molar-refractivity contribution in [1.29, 1.82) is 0 Å². The van der Waals surface area contributed by atoms with Crippen LogP contribution in [0.1, 0.15) is 34.6 Å². The number of halogens is 3. The minimum absolute atomic E-state index is 0.128. The predicted octanol–water partition coefficient (Wildman–Crippen LogP) is 8.40. The number of anilines is 2. The van der Waals surface area contributed by atoms with Gasteiger partial charge in [-0.1, -0.05) is 65.1 Å². The quantitative estimate of drug-likeness (QED) is 0.250. The van der Waals surface area contributed by atoms with Crippen molar-refractivity contribution in [1.82, 2.24) is 0 Å². The molecule has 0 aliphatic carbocycles. The van der Waals surface area contributed by atoms with Gasteiger partial charge in [-0.25, -0.2) is 0 Å². The van der Waals surface area contributed by atoms with Crippen LogP contribution < -0.4 is 19.7 Å². The van der Waals surface area contributed by atoms with Crippen LogP contribution in [0.25, 0.3) is 0 Å². The van der Waals surface area contributed by atoms with Gasteiger partial charge in [0.05, 0.1) is 12.2 Å². The molecule has 1 aliphatic rings. The summed E-state index contributed by atoms with van der Waals surface area (Å²) in [5, 5.41) is 5.14. The lowest BCUT2D eigenvalue weighted by atomic mass is 10.0. The molecule has 37 heavy (non-hydrogen) atoms. The summed E-state index contributed by atoms with van der Waals surface area (Å²) in [6.45, 7) is 2.60. The fourth-order valence-corrected chi connectivity index (χ4v) is 4.90. The summed E-state index contributed by atoms with van der Waals surface area (Å²) in [6.07, 6.45) is -0.500. The average Bonchev–Trinajstić information content (AvgIpc) is 2.89. The van der Waals surface area contributed by atoms with Gasteiger partial charge in [-0.05, 0) is 67.1 Å². The van der Waals surface area contributed by atoms with E-state index in [-0.39, 0.29) is 12.5 Å². The number of rotatable bonds is 7. The van der Waals surface area contributed by atoms with E-state index in [1.807, 2.05) is 67.6 Å². The summed E-state index contributed by atoms with van der Waals surface area (Å²) in [4.78, 5) is 15.4.